The SMILES string of the molecule is CCCCOC(=O)c1ccc(NC(=O)CSc2ccc(NC(=O)/C(=C/c3cc(OC)ccc3OC)NC(=O)c3ccccc3)cc2)cc1. The number of amides is 3. The summed E-state index contributed by atoms with van der Waals surface area (Å²) in [4.78, 5) is 51.9. The van der Waals surface area contributed by atoms with Crippen LogP contribution >= 0.6 is 11.8 Å². The lowest BCUT2D eigenvalue weighted by atomic mass is 10.1. The van der Waals surface area contributed by atoms with E-state index in [0.717, 1.165) is 17.7 Å². The van der Waals surface area contributed by atoms with Gasteiger partial charge in [-0.05, 0) is 91.4 Å². The normalized spacial score (nSPS) is 10.9. The summed E-state index contributed by atoms with van der Waals surface area (Å²) in [6.45, 7) is 2.40. The fourth-order valence-electron chi connectivity index (χ4n) is 4.31. The van der Waals surface area contributed by atoms with Crippen LogP contribution in [0.2, 0.25) is 0 Å². The molecule has 0 bridgehead atoms. The molecule has 3 amide bonds. The Morgan fingerprint density at radius 3 is 2.12 bits per heavy atom. The number of hydrogen-bond donors (Lipinski definition) is 3. The Balaban J connectivity index is 1.38. The number of anilines is 2. The third kappa shape index (κ3) is 10.5. The molecule has 0 unspecified atom stereocenters. The third-order valence-corrected chi connectivity index (χ3v) is 7.90. The van der Waals surface area contributed by atoms with Crippen molar-refractivity contribution in [1.29, 1.82) is 0 Å². The highest BCUT2D eigenvalue weighted by atomic mass is 32.2. The van der Waals surface area contributed by atoms with Crippen molar-refractivity contribution in [3.8, 4) is 11.5 Å². The highest BCUT2D eigenvalue weighted by molar-refractivity contribution is 8.00. The summed E-state index contributed by atoms with van der Waals surface area (Å²) in [5.41, 5.74) is 2.39. The molecule has 3 N–H and O–H groups in total. The van der Waals surface area contributed by atoms with Gasteiger partial charge in [0.15, 0.2) is 0 Å². The molecule has 0 aromatic heterocycles. The molecule has 0 saturated heterocycles. The summed E-state index contributed by atoms with van der Waals surface area (Å²) in [5, 5.41) is 8.35. The van der Waals surface area contributed by atoms with E-state index in [1.807, 2.05) is 6.92 Å². The number of unbranched alkanes of at least 4 members (excludes halogenated alkanes) is 1. The van der Waals surface area contributed by atoms with Crippen molar-refractivity contribution in [2.45, 2.75) is 24.7 Å². The van der Waals surface area contributed by atoms with Gasteiger partial charge in [-0.1, -0.05) is 31.5 Å². The van der Waals surface area contributed by atoms with E-state index >= 15 is 0 Å². The number of ether oxygens (including phenoxy) is 3. The number of nitrogens with one attached hydrogen (secondary N) is 3. The van der Waals surface area contributed by atoms with Gasteiger partial charge in [-0.25, -0.2) is 4.79 Å². The lowest BCUT2D eigenvalue weighted by Gasteiger charge is -2.13. The molecule has 11 heteroatoms. The molecule has 0 spiro atoms. The second-order valence-electron chi connectivity index (χ2n) is 10.4. The minimum atomic E-state index is -0.552. The van der Waals surface area contributed by atoms with Crippen LogP contribution in [0.25, 0.3) is 6.08 Å². The molecule has 48 heavy (non-hydrogen) atoms. The van der Waals surface area contributed by atoms with Gasteiger partial charge in [0, 0.05) is 27.4 Å². The summed E-state index contributed by atoms with van der Waals surface area (Å²) < 4.78 is 16.0. The van der Waals surface area contributed by atoms with E-state index in [0.29, 0.717) is 46.2 Å². The molecule has 0 aliphatic rings. The monoisotopic (exact) mass is 667 g/mol. The summed E-state index contributed by atoms with van der Waals surface area (Å²) in [6, 6.07) is 27.2. The van der Waals surface area contributed by atoms with Crippen molar-refractivity contribution in [1.82, 2.24) is 5.32 Å². The zero-order valence-corrected chi connectivity index (χ0v) is 27.7. The van der Waals surface area contributed by atoms with E-state index < -0.39 is 17.8 Å². The molecule has 10 nitrogen and oxygen atoms in total. The fourth-order valence-corrected chi connectivity index (χ4v) is 5.01. The summed E-state index contributed by atoms with van der Waals surface area (Å²) >= 11 is 1.32. The van der Waals surface area contributed by atoms with Crippen LogP contribution in [-0.4, -0.2) is 50.3 Å². The predicted molar refractivity (Wildman–Crippen MR) is 187 cm³/mol. The number of rotatable bonds is 15. The van der Waals surface area contributed by atoms with Gasteiger partial charge in [0.05, 0.1) is 32.1 Å². The van der Waals surface area contributed by atoms with Gasteiger partial charge < -0.3 is 30.2 Å². The smallest absolute Gasteiger partial charge is 0.338 e. The van der Waals surface area contributed by atoms with Crippen LogP contribution < -0.4 is 25.4 Å². The van der Waals surface area contributed by atoms with Crippen molar-refractivity contribution in [2.24, 2.45) is 0 Å². The lowest BCUT2D eigenvalue weighted by molar-refractivity contribution is -0.114. The highest BCUT2D eigenvalue weighted by Crippen LogP contribution is 2.27. The lowest BCUT2D eigenvalue weighted by Crippen LogP contribution is -2.30. The van der Waals surface area contributed by atoms with E-state index in [2.05, 4.69) is 16.0 Å². The Hall–Kier alpha value is -5.55. The Kier molecular flexibility index (Phi) is 13.2. The van der Waals surface area contributed by atoms with Crippen molar-refractivity contribution in [2.75, 3.05) is 37.2 Å². The molecule has 0 saturated carbocycles. The molecule has 0 atom stereocenters. The van der Waals surface area contributed by atoms with Crippen molar-refractivity contribution < 1.29 is 33.4 Å². The Bertz CT molecular complexity index is 1740. The van der Waals surface area contributed by atoms with E-state index in [9.17, 15) is 19.2 Å². The van der Waals surface area contributed by atoms with Crippen LogP contribution in [0.3, 0.4) is 0 Å². The molecule has 4 aromatic rings. The van der Waals surface area contributed by atoms with Gasteiger partial charge in [-0.15, -0.1) is 11.8 Å². The van der Waals surface area contributed by atoms with Gasteiger partial charge in [0.2, 0.25) is 5.91 Å². The van der Waals surface area contributed by atoms with Crippen LogP contribution in [0.1, 0.15) is 46.0 Å². The second-order valence-corrected chi connectivity index (χ2v) is 11.4. The van der Waals surface area contributed by atoms with Crippen molar-refractivity contribution in [3.63, 3.8) is 0 Å². The average molecular weight is 668 g/mol. The van der Waals surface area contributed by atoms with Crippen molar-refractivity contribution >= 4 is 52.9 Å². The maximum atomic E-state index is 13.5. The van der Waals surface area contributed by atoms with Crippen molar-refractivity contribution in [3.05, 3.63) is 119 Å². The Morgan fingerprint density at radius 2 is 1.46 bits per heavy atom. The Labute approximate surface area is 283 Å². The maximum absolute atomic E-state index is 13.5. The van der Waals surface area contributed by atoms with E-state index in [-0.39, 0.29) is 17.4 Å². The average Bonchev–Trinajstić information content (AvgIpc) is 3.11. The third-order valence-electron chi connectivity index (χ3n) is 6.88. The molecule has 0 aliphatic carbocycles. The first-order valence-corrected chi connectivity index (χ1v) is 16.2. The van der Waals surface area contributed by atoms with Gasteiger partial charge in [0.25, 0.3) is 11.8 Å². The summed E-state index contributed by atoms with van der Waals surface area (Å²) in [5.74, 6) is -0.428. The molecule has 0 fully saturated rings. The first kappa shape index (κ1) is 35.3. The van der Waals surface area contributed by atoms with Crippen LogP contribution in [0, 0.1) is 0 Å². The maximum Gasteiger partial charge on any atom is 0.338 e. The molecule has 248 valence electrons. The molecular weight excluding hydrogens is 630 g/mol. The fraction of sp³-hybridized carbons (Fsp3) is 0.189. The second kappa shape index (κ2) is 18.0. The standard InChI is InChI=1S/C37H37N3O7S/c1-4-5-21-47-37(44)26-11-13-28(14-12-26)38-34(41)24-48-31-18-15-29(16-19-31)39-36(43)32(40-35(42)25-9-7-6-8-10-25)23-27-22-30(45-2)17-20-33(27)46-3/h6-20,22-23H,4-5,21,24H2,1-3H3,(H,38,41)(H,39,43)(H,40,42)/b32-23-. The van der Waals surface area contributed by atoms with Crippen LogP contribution in [0.4, 0.5) is 11.4 Å². The number of carbonyl (C=O) groups is 4. The number of carbonyl (C=O) groups excluding carboxylic acids is 4. The molecule has 0 aliphatic heterocycles. The van der Waals surface area contributed by atoms with Crippen LogP contribution in [-0.2, 0) is 14.3 Å². The van der Waals surface area contributed by atoms with E-state index in [4.69, 9.17) is 14.2 Å². The summed E-state index contributed by atoms with van der Waals surface area (Å²) in [7, 11) is 3.04. The zero-order chi connectivity index (χ0) is 34.3. The van der Waals surface area contributed by atoms with Gasteiger partial charge >= 0.3 is 5.97 Å². The number of methoxy groups -OCH3 is 2. The topological polar surface area (TPSA) is 132 Å². The number of esters is 1. The molecular formula is C37H37N3O7S. The number of thioether (sulfide) groups is 1. The Morgan fingerprint density at radius 1 is 0.771 bits per heavy atom. The van der Waals surface area contributed by atoms with Gasteiger partial charge in [-0.3, -0.25) is 14.4 Å². The van der Waals surface area contributed by atoms with Gasteiger partial charge in [-0.2, -0.15) is 0 Å². The van der Waals surface area contributed by atoms with Crippen LogP contribution in [0.5, 0.6) is 11.5 Å². The first-order chi connectivity index (χ1) is 23.3. The van der Waals surface area contributed by atoms with Gasteiger partial charge in [0.1, 0.15) is 17.2 Å². The quantitative estimate of drug-likeness (QED) is 0.0546. The number of benzene rings is 4. The minimum absolute atomic E-state index is 0.00746. The first-order valence-electron chi connectivity index (χ1n) is 15.2. The van der Waals surface area contributed by atoms with E-state index in [1.54, 1.807) is 97.1 Å². The molecule has 4 rings (SSSR count). The molecule has 0 radical (unpaired) electrons. The molecule has 0 heterocycles. The zero-order valence-electron chi connectivity index (χ0n) is 26.9. The highest BCUT2D eigenvalue weighted by Gasteiger charge is 2.17. The van der Waals surface area contributed by atoms with E-state index in [1.165, 1.54) is 32.1 Å². The number of hydrogen-bond acceptors (Lipinski definition) is 8. The molecule has 4 aromatic carbocycles. The summed E-state index contributed by atoms with van der Waals surface area (Å²) in [6.07, 6.45) is 3.27. The largest absolute Gasteiger partial charge is 0.497 e. The minimum Gasteiger partial charge on any atom is -0.497 e. The van der Waals surface area contributed by atoms with Crippen LogP contribution in [0.15, 0.2) is 108 Å². The predicted octanol–water partition coefficient (Wildman–Crippen LogP) is 6.80.